The Balaban J connectivity index is 1.51. The standard InChI is InChI=1S/C20H17N3O4/c24-20(22-17-7-4-8-18(13-17)23(25)26)14-27-19-11-9-16(10-12-19)21-15-5-2-1-3-6-15/h1-13,21H,14H2,(H,22,24). The van der Waals surface area contributed by atoms with Gasteiger partial charge in [0.1, 0.15) is 5.75 Å². The number of amides is 1. The van der Waals surface area contributed by atoms with Crippen LogP contribution in [0.25, 0.3) is 0 Å². The fourth-order valence-corrected chi connectivity index (χ4v) is 2.37. The molecule has 0 atom stereocenters. The van der Waals surface area contributed by atoms with Gasteiger partial charge in [-0.25, -0.2) is 0 Å². The summed E-state index contributed by atoms with van der Waals surface area (Å²) in [7, 11) is 0. The van der Waals surface area contributed by atoms with Crippen LogP contribution in [0.5, 0.6) is 5.75 Å². The summed E-state index contributed by atoms with van der Waals surface area (Å²) in [6.45, 7) is -0.200. The number of carbonyl (C=O) groups excluding carboxylic acids is 1. The van der Waals surface area contributed by atoms with E-state index in [2.05, 4.69) is 10.6 Å². The predicted molar refractivity (Wildman–Crippen MR) is 103 cm³/mol. The Kier molecular flexibility index (Phi) is 5.64. The van der Waals surface area contributed by atoms with Gasteiger partial charge in [-0.3, -0.25) is 14.9 Å². The number of nitrogens with one attached hydrogen (secondary N) is 2. The Morgan fingerprint density at radius 2 is 1.56 bits per heavy atom. The third kappa shape index (κ3) is 5.30. The second kappa shape index (κ2) is 8.48. The van der Waals surface area contributed by atoms with Crippen molar-refractivity contribution in [1.29, 1.82) is 0 Å². The summed E-state index contributed by atoms with van der Waals surface area (Å²) in [6.07, 6.45) is 0. The first-order valence-corrected chi connectivity index (χ1v) is 8.19. The van der Waals surface area contributed by atoms with Gasteiger partial charge in [0.05, 0.1) is 4.92 Å². The number of nitrogens with zero attached hydrogens (tertiary/aromatic N) is 1. The van der Waals surface area contributed by atoms with Crippen molar-refractivity contribution in [3.63, 3.8) is 0 Å². The number of para-hydroxylation sites is 1. The fourth-order valence-electron chi connectivity index (χ4n) is 2.37. The smallest absolute Gasteiger partial charge is 0.271 e. The summed E-state index contributed by atoms with van der Waals surface area (Å²) in [5, 5.41) is 16.6. The molecule has 7 nitrogen and oxygen atoms in total. The van der Waals surface area contributed by atoms with Crippen molar-refractivity contribution in [3.8, 4) is 5.75 Å². The molecule has 136 valence electrons. The molecular weight excluding hydrogens is 346 g/mol. The minimum atomic E-state index is -0.517. The summed E-state index contributed by atoms with van der Waals surface area (Å²) in [5.41, 5.74) is 2.13. The van der Waals surface area contributed by atoms with E-state index in [4.69, 9.17) is 4.74 Å². The largest absolute Gasteiger partial charge is 0.484 e. The molecule has 0 spiro atoms. The average Bonchev–Trinajstić information content (AvgIpc) is 2.68. The molecular formula is C20H17N3O4. The van der Waals surface area contributed by atoms with Crippen molar-refractivity contribution in [1.82, 2.24) is 0 Å². The predicted octanol–water partition coefficient (Wildman–Crippen LogP) is 4.36. The number of rotatable bonds is 7. The molecule has 0 saturated heterocycles. The van der Waals surface area contributed by atoms with E-state index in [1.54, 1.807) is 18.2 Å². The van der Waals surface area contributed by atoms with E-state index in [0.717, 1.165) is 11.4 Å². The number of non-ortho nitro benzene ring substituents is 1. The van der Waals surface area contributed by atoms with E-state index in [9.17, 15) is 14.9 Å². The van der Waals surface area contributed by atoms with Crippen molar-refractivity contribution >= 4 is 28.7 Å². The van der Waals surface area contributed by atoms with Crippen LogP contribution < -0.4 is 15.4 Å². The first-order chi connectivity index (χ1) is 13.1. The fraction of sp³-hybridized carbons (Fsp3) is 0.0500. The quantitative estimate of drug-likeness (QED) is 0.481. The van der Waals surface area contributed by atoms with Crippen LogP contribution in [-0.4, -0.2) is 17.4 Å². The molecule has 27 heavy (non-hydrogen) atoms. The maximum absolute atomic E-state index is 12.0. The molecule has 0 aliphatic heterocycles. The topological polar surface area (TPSA) is 93.5 Å². The van der Waals surface area contributed by atoms with Crippen LogP contribution in [0.2, 0.25) is 0 Å². The Bertz CT molecular complexity index is 927. The molecule has 3 aromatic rings. The van der Waals surface area contributed by atoms with Crippen molar-refractivity contribution in [2.24, 2.45) is 0 Å². The van der Waals surface area contributed by atoms with Crippen molar-refractivity contribution in [2.45, 2.75) is 0 Å². The van der Waals surface area contributed by atoms with Gasteiger partial charge in [-0.05, 0) is 42.5 Å². The summed E-state index contributed by atoms with van der Waals surface area (Å²) < 4.78 is 5.45. The van der Waals surface area contributed by atoms with Crippen LogP contribution in [0.3, 0.4) is 0 Å². The summed E-state index contributed by atoms with van der Waals surface area (Å²) in [5.74, 6) is 0.143. The number of nitro benzene ring substituents is 1. The van der Waals surface area contributed by atoms with Gasteiger partial charge in [0, 0.05) is 29.2 Å². The molecule has 3 aromatic carbocycles. The van der Waals surface area contributed by atoms with E-state index in [1.165, 1.54) is 18.2 Å². The highest BCUT2D eigenvalue weighted by molar-refractivity contribution is 5.92. The van der Waals surface area contributed by atoms with Crippen LogP contribution in [-0.2, 0) is 4.79 Å². The van der Waals surface area contributed by atoms with Gasteiger partial charge >= 0.3 is 0 Å². The van der Waals surface area contributed by atoms with Gasteiger partial charge in [0.2, 0.25) is 0 Å². The minimum absolute atomic E-state index is 0.0878. The zero-order valence-electron chi connectivity index (χ0n) is 14.3. The minimum Gasteiger partial charge on any atom is -0.484 e. The monoisotopic (exact) mass is 363 g/mol. The van der Waals surface area contributed by atoms with Crippen LogP contribution in [0.1, 0.15) is 0 Å². The molecule has 0 saturated carbocycles. The highest BCUT2D eigenvalue weighted by atomic mass is 16.6. The number of ether oxygens (including phenoxy) is 1. The number of hydrogen-bond donors (Lipinski definition) is 2. The molecule has 0 aliphatic carbocycles. The number of hydrogen-bond acceptors (Lipinski definition) is 5. The first-order valence-electron chi connectivity index (χ1n) is 8.19. The zero-order chi connectivity index (χ0) is 19.1. The van der Waals surface area contributed by atoms with E-state index < -0.39 is 10.8 Å². The van der Waals surface area contributed by atoms with E-state index in [-0.39, 0.29) is 12.3 Å². The first kappa shape index (κ1) is 17.9. The van der Waals surface area contributed by atoms with Crippen molar-refractivity contribution in [3.05, 3.63) is 89.0 Å². The third-order valence-electron chi connectivity index (χ3n) is 3.63. The van der Waals surface area contributed by atoms with Gasteiger partial charge < -0.3 is 15.4 Å². The van der Waals surface area contributed by atoms with Gasteiger partial charge in [0.25, 0.3) is 11.6 Å². The van der Waals surface area contributed by atoms with E-state index >= 15 is 0 Å². The Hall–Kier alpha value is -3.87. The lowest BCUT2D eigenvalue weighted by atomic mass is 10.2. The normalized spacial score (nSPS) is 10.1. The van der Waals surface area contributed by atoms with E-state index in [0.29, 0.717) is 11.4 Å². The SMILES string of the molecule is O=C(COc1ccc(Nc2ccccc2)cc1)Nc1cccc([N+](=O)[O-])c1. The number of anilines is 3. The number of nitro groups is 1. The van der Waals surface area contributed by atoms with Crippen molar-refractivity contribution in [2.75, 3.05) is 17.2 Å². The summed E-state index contributed by atoms with van der Waals surface area (Å²) >= 11 is 0. The molecule has 0 heterocycles. The second-order valence-corrected chi connectivity index (χ2v) is 5.66. The lowest BCUT2D eigenvalue weighted by Crippen LogP contribution is -2.20. The molecule has 1 amide bonds. The molecule has 0 aromatic heterocycles. The van der Waals surface area contributed by atoms with Gasteiger partial charge in [-0.1, -0.05) is 24.3 Å². The van der Waals surface area contributed by atoms with Crippen molar-refractivity contribution < 1.29 is 14.5 Å². The Morgan fingerprint density at radius 1 is 0.889 bits per heavy atom. The van der Waals surface area contributed by atoms with Crippen LogP contribution in [0, 0.1) is 10.1 Å². The Morgan fingerprint density at radius 3 is 2.26 bits per heavy atom. The second-order valence-electron chi connectivity index (χ2n) is 5.66. The third-order valence-corrected chi connectivity index (χ3v) is 3.63. The molecule has 3 rings (SSSR count). The van der Waals surface area contributed by atoms with Crippen LogP contribution >= 0.6 is 0 Å². The average molecular weight is 363 g/mol. The highest BCUT2D eigenvalue weighted by Gasteiger charge is 2.08. The maximum Gasteiger partial charge on any atom is 0.271 e. The lowest BCUT2D eigenvalue weighted by molar-refractivity contribution is -0.384. The molecule has 7 heteroatoms. The van der Waals surface area contributed by atoms with E-state index in [1.807, 2.05) is 42.5 Å². The van der Waals surface area contributed by atoms with Crippen LogP contribution in [0.15, 0.2) is 78.9 Å². The molecule has 0 aliphatic rings. The number of carbonyl (C=O) groups is 1. The summed E-state index contributed by atoms with van der Waals surface area (Å²) in [6, 6.07) is 22.7. The molecule has 0 fully saturated rings. The maximum atomic E-state index is 12.0. The molecule has 0 bridgehead atoms. The highest BCUT2D eigenvalue weighted by Crippen LogP contribution is 2.20. The lowest BCUT2D eigenvalue weighted by Gasteiger charge is -2.09. The molecule has 0 radical (unpaired) electrons. The Labute approximate surface area is 155 Å². The summed E-state index contributed by atoms with van der Waals surface area (Å²) in [4.78, 5) is 22.2. The van der Waals surface area contributed by atoms with Gasteiger partial charge in [0.15, 0.2) is 6.61 Å². The zero-order valence-corrected chi connectivity index (χ0v) is 14.3. The van der Waals surface area contributed by atoms with Gasteiger partial charge in [-0.15, -0.1) is 0 Å². The van der Waals surface area contributed by atoms with Gasteiger partial charge in [-0.2, -0.15) is 0 Å². The number of benzene rings is 3. The molecule has 2 N–H and O–H groups in total. The van der Waals surface area contributed by atoms with Crippen LogP contribution in [0.4, 0.5) is 22.7 Å². The molecule has 0 unspecified atom stereocenters.